The molecule has 0 N–H and O–H groups in total. The van der Waals surface area contributed by atoms with Crippen molar-refractivity contribution in [3.05, 3.63) is 41.7 Å². The lowest BCUT2D eigenvalue weighted by Gasteiger charge is -2.09. The minimum Gasteiger partial charge on any atom is -0.420 e. The molecule has 1 rings (SSSR count). The van der Waals surface area contributed by atoms with E-state index in [1.54, 1.807) is 6.08 Å². The van der Waals surface area contributed by atoms with Crippen molar-refractivity contribution in [3.8, 4) is 5.75 Å². The van der Waals surface area contributed by atoms with E-state index in [1.807, 2.05) is 0 Å². The molecule has 0 aliphatic rings. The van der Waals surface area contributed by atoms with Crippen LogP contribution >= 0.6 is 0 Å². The minimum absolute atomic E-state index is 0.0842. The fourth-order valence-electron chi connectivity index (χ4n) is 2.92. The lowest BCUT2D eigenvalue weighted by molar-refractivity contribution is -0.136. The average molecular weight is 649 g/mol. The van der Waals surface area contributed by atoms with Crippen LogP contribution in [0.1, 0.15) is 6.42 Å². The van der Waals surface area contributed by atoms with Crippen molar-refractivity contribution in [1.82, 2.24) is 0 Å². The highest BCUT2D eigenvalue weighted by molar-refractivity contribution is 5.72. The van der Waals surface area contributed by atoms with Crippen molar-refractivity contribution in [2.75, 3.05) is 119 Å². The van der Waals surface area contributed by atoms with Crippen molar-refractivity contribution in [1.29, 1.82) is 0 Å². The summed E-state index contributed by atoms with van der Waals surface area (Å²) in [6, 6.07) is 0. The van der Waals surface area contributed by atoms with Gasteiger partial charge in [-0.25, -0.2) is 13.2 Å². The van der Waals surface area contributed by atoms with Crippen LogP contribution in [0.4, 0.5) is 22.0 Å². The third-order valence-electron chi connectivity index (χ3n) is 5.05. The first-order valence-corrected chi connectivity index (χ1v) is 13.9. The Morgan fingerprint density at radius 3 is 1.05 bits per heavy atom. The maximum absolute atomic E-state index is 13.5. The fraction of sp³-hybridized carbons (Fsp3) is 0.679. The number of benzene rings is 1. The summed E-state index contributed by atoms with van der Waals surface area (Å²) < 4.78 is 118. The van der Waals surface area contributed by atoms with Crippen LogP contribution < -0.4 is 4.74 Å². The van der Waals surface area contributed by atoms with Crippen LogP contribution in [0.15, 0.2) is 12.7 Å². The van der Waals surface area contributed by atoms with E-state index in [0.29, 0.717) is 92.5 Å². The van der Waals surface area contributed by atoms with Gasteiger partial charge in [0.15, 0.2) is 0 Å². The number of hydrogen-bond acceptors (Lipinski definition) is 11. The van der Waals surface area contributed by atoms with E-state index in [9.17, 15) is 26.7 Å². The third kappa shape index (κ3) is 19.2. The highest BCUT2D eigenvalue weighted by Gasteiger charge is 2.28. The highest BCUT2D eigenvalue weighted by Crippen LogP contribution is 2.29. The first-order chi connectivity index (χ1) is 21.4. The molecule has 0 saturated carbocycles. The zero-order valence-electron chi connectivity index (χ0n) is 24.6. The molecular formula is C28H41F5O11. The molecule has 0 unspecified atom stereocenters. The van der Waals surface area contributed by atoms with Crippen molar-refractivity contribution in [3.63, 3.8) is 0 Å². The molecule has 0 fully saturated rings. The maximum atomic E-state index is 13.5. The molecule has 0 atom stereocenters. The van der Waals surface area contributed by atoms with Gasteiger partial charge < -0.3 is 47.4 Å². The zero-order chi connectivity index (χ0) is 32.3. The van der Waals surface area contributed by atoms with Crippen LogP contribution in [-0.4, -0.2) is 125 Å². The molecule has 254 valence electrons. The number of hydrogen-bond donors (Lipinski definition) is 0. The topological polar surface area (TPSA) is 109 Å². The number of rotatable bonds is 30. The summed E-state index contributed by atoms with van der Waals surface area (Å²) in [4.78, 5) is 11.6. The van der Waals surface area contributed by atoms with Gasteiger partial charge in [0.05, 0.1) is 125 Å². The van der Waals surface area contributed by atoms with Gasteiger partial charge in [-0.05, 0) is 0 Å². The summed E-state index contributed by atoms with van der Waals surface area (Å²) in [7, 11) is 0. The Bertz CT molecular complexity index is 882. The SMILES string of the molecule is C=CCOCCOCCOCCOCCOCCOCCOCCOCCOCCC(=O)Oc1c(F)c(F)c(F)c(F)c1F. The Kier molecular flexibility index (Phi) is 24.4. The number of ether oxygens (including phenoxy) is 10. The maximum Gasteiger partial charge on any atom is 0.313 e. The average Bonchev–Trinajstić information content (AvgIpc) is 3.02. The molecule has 44 heavy (non-hydrogen) atoms. The summed E-state index contributed by atoms with van der Waals surface area (Å²) in [5.41, 5.74) is 0. The summed E-state index contributed by atoms with van der Waals surface area (Å²) >= 11 is 0. The molecule has 1 aromatic rings. The second kappa shape index (κ2) is 27.1. The standard InChI is InChI=1S/C28H41F5O11/c1-2-4-35-6-8-37-10-12-39-14-16-41-18-20-43-21-19-42-17-15-40-13-11-38-9-7-36-5-3-22(34)44-28-26(32)24(30)23(29)25(31)27(28)33/h2H,1,3-21H2. The molecule has 0 aromatic heterocycles. The first kappa shape index (κ1) is 39.7. The van der Waals surface area contributed by atoms with Crippen LogP contribution in [0.25, 0.3) is 0 Å². The molecule has 16 heteroatoms. The van der Waals surface area contributed by atoms with Crippen molar-refractivity contribution in [2.24, 2.45) is 0 Å². The molecule has 0 aliphatic carbocycles. The summed E-state index contributed by atoms with van der Waals surface area (Å²) in [5, 5.41) is 0. The number of halogens is 5. The second-order valence-corrected chi connectivity index (χ2v) is 8.39. The monoisotopic (exact) mass is 648 g/mol. The Hall–Kier alpha value is -2.28. The number of esters is 1. The van der Waals surface area contributed by atoms with Gasteiger partial charge in [0.1, 0.15) is 0 Å². The van der Waals surface area contributed by atoms with E-state index >= 15 is 0 Å². The number of carbonyl (C=O) groups excluding carboxylic acids is 1. The van der Waals surface area contributed by atoms with Gasteiger partial charge in [-0.15, -0.1) is 6.58 Å². The predicted octanol–water partition coefficient (Wildman–Crippen LogP) is 3.01. The Labute approximate surface area is 253 Å². The van der Waals surface area contributed by atoms with E-state index < -0.39 is 47.2 Å². The van der Waals surface area contributed by atoms with Gasteiger partial charge in [0.2, 0.25) is 34.8 Å². The quantitative estimate of drug-likeness (QED) is 0.0234. The van der Waals surface area contributed by atoms with E-state index in [0.717, 1.165) is 0 Å². The molecule has 0 spiro atoms. The Morgan fingerprint density at radius 2 is 0.727 bits per heavy atom. The van der Waals surface area contributed by atoms with E-state index in [4.69, 9.17) is 42.6 Å². The fourth-order valence-corrected chi connectivity index (χ4v) is 2.92. The molecule has 0 heterocycles. The molecule has 0 amide bonds. The van der Waals surface area contributed by atoms with Gasteiger partial charge in [-0.2, -0.15) is 8.78 Å². The zero-order valence-corrected chi connectivity index (χ0v) is 24.6. The van der Waals surface area contributed by atoms with Gasteiger partial charge in [0.25, 0.3) is 0 Å². The molecule has 0 aliphatic heterocycles. The van der Waals surface area contributed by atoms with E-state index in [1.165, 1.54) is 0 Å². The van der Waals surface area contributed by atoms with Gasteiger partial charge in [-0.3, -0.25) is 4.79 Å². The smallest absolute Gasteiger partial charge is 0.313 e. The molecule has 0 bridgehead atoms. The molecule has 11 nitrogen and oxygen atoms in total. The van der Waals surface area contributed by atoms with Crippen LogP contribution in [0.2, 0.25) is 0 Å². The lowest BCUT2D eigenvalue weighted by Crippen LogP contribution is -2.16. The normalized spacial score (nSPS) is 11.3. The second-order valence-electron chi connectivity index (χ2n) is 8.39. The summed E-state index contributed by atoms with van der Waals surface area (Å²) in [6.45, 7) is 10.1. The largest absolute Gasteiger partial charge is 0.420 e. The molecule has 0 radical (unpaired) electrons. The van der Waals surface area contributed by atoms with Gasteiger partial charge >= 0.3 is 5.97 Å². The lowest BCUT2D eigenvalue weighted by atomic mass is 10.2. The Morgan fingerprint density at radius 1 is 0.455 bits per heavy atom. The Balaban J connectivity index is 1.79. The first-order valence-electron chi connectivity index (χ1n) is 13.9. The van der Waals surface area contributed by atoms with Gasteiger partial charge in [-0.1, -0.05) is 6.08 Å². The van der Waals surface area contributed by atoms with Gasteiger partial charge in [0, 0.05) is 0 Å². The minimum atomic E-state index is -2.35. The molecule has 1 aromatic carbocycles. The summed E-state index contributed by atoms with van der Waals surface area (Å²) in [6.07, 6.45) is 1.20. The molecular weight excluding hydrogens is 607 g/mol. The predicted molar refractivity (Wildman–Crippen MR) is 144 cm³/mol. The van der Waals surface area contributed by atoms with E-state index in [2.05, 4.69) is 11.3 Å². The van der Waals surface area contributed by atoms with Crippen molar-refractivity contribution >= 4 is 5.97 Å². The van der Waals surface area contributed by atoms with Crippen LogP contribution in [-0.2, 0) is 47.4 Å². The third-order valence-corrected chi connectivity index (χ3v) is 5.05. The van der Waals surface area contributed by atoms with E-state index in [-0.39, 0.29) is 26.4 Å². The van der Waals surface area contributed by atoms with Crippen LogP contribution in [0.3, 0.4) is 0 Å². The van der Waals surface area contributed by atoms with Crippen molar-refractivity contribution in [2.45, 2.75) is 6.42 Å². The van der Waals surface area contributed by atoms with Crippen LogP contribution in [0, 0.1) is 29.1 Å². The highest BCUT2D eigenvalue weighted by atomic mass is 19.2. The van der Waals surface area contributed by atoms with Crippen molar-refractivity contribution < 1.29 is 74.1 Å². The summed E-state index contributed by atoms with van der Waals surface area (Å²) in [5.74, 6) is -14.1. The van der Waals surface area contributed by atoms with Crippen LogP contribution in [0.5, 0.6) is 5.75 Å². The molecule has 0 saturated heterocycles. The number of carbonyl (C=O) groups is 1.